The molecule has 1 heterocycles. The van der Waals surface area contributed by atoms with Gasteiger partial charge in [-0.2, -0.15) is 0 Å². The van der Waals surface area contributed by atoms with Gasteiger partial charge in [0, 0.05) is 6.54 Å². The summed E-state index contributed by atoms with van der Waals surface area (Å²) in [6.45, 7) is 0.148. The van der Waals surface area contributed by atoms with Gasteiger partial charge >= 0.3 is 0 Å². The van der Waals surface area contributed by atoms with Crippen LogP contribution < -0.4 is 10.6 Å². The molecule has 0 spiro atoms. The van der Waals surface area contributed by atoms with Crippen molar-refractivity contribution in [3.05, 3.63) is 35.9 Å². The zero-order valence-corrected chi connectivity index (χ0v) is 10.4. The molecule has 5 heteroatoms. The summed E-state index contributed by atoms with van der Waals surface area (Å²) in [5, 5.41) is 15.1. The van der Waals surface area contributed by atoms with Crippen LogP contribution in [-0.4, -0.2) is 29.6 Å². The molecule has 2 amide bonds. The molecule has 2 fully saturated rings. The monoisotopic (exact) mass is 260 g/mol. The van der Waals surface area contributed by atoms with E-state index >= 15 is 0 Å². The molecule has 5 nitrogen and oxygen atoms in total. The lowest BCUT2D eigenvalue weighted by Gasteiger charge is -2.20. The highest BCUT2D eigenvalue weighted by Gasteiger charge is 2.49. The highest BCUT2D eigenvalue weighted by molar-refractivity contribution is 6.02. The van der Waals surface area contributed by atoms with E-state index in [2.05, 4.69) is 10.6 Å². The number of carbonyl (C=O) groups is 2. The number of benzene rings is 1. The van der Waals surface area contributed by atoms with Gasteiger partial charge in [-0.3, -0.25) is 9.59 Å². The zero-order chi connectivity index (χ0) is 13.5. The zero-order valence-electron chi connectivity index (χ0n) is 10.4. The first-order valence-electron chi connectivity index (χ1n) is 6.46. The summed E-state index contributed by atoms with van der Waals surface area (Å²) >= 11 is 0. The first-order valence-corrected chi connectivity index (χ1v) is 6.46. The van der Waals surface area contributed by atoms with Crippen LogP contribution in [0.4, 0.5) is 0 Å². The van der Waals surface area contributed by atoms with Gasteiger partial charge in [0.2, 0.25) is 11.8 Å². The van der Waals surface area contributed by atoms with E-state index in [9.17, 15) is 14.7 Å². The molecule has 3 rings (SSSR count). The van der Waals surface area contributed by atoms with Gasteiger partial charge in [-0.15, -0.1) is 0 Å². The van der Waals surface area contributed by atoms with Crippen LogP contribution in [0.3, 0.4) is 0 Å². The van der Waals surface area contributed by atoms with Crippen molar-refractivity contribution in [2.24, 2.45) is 5.92 Å². The smallest absolute Gasteiger partial charge is 0.236 e. The van der Waals surface area contributed by atoms with Crippen molar-refractivity contribution in [2.75, 3.05) is 6.54 Å². The van der Waals surface area contributed by atoms with Gasteiger partial charge in [-0.25, -0.2) is 0 Å². The lowest BCUT2D eigenvalue weighted by molar-refractivity contribution is -0.136. The molecule has 2 aliphatic rings. The van der Waals surface area contributed by atoms with Gasteiger partial charge in [0.25, 0.3) is 0 Å². The number of aliphatic hydroxyl groups is 1. The van der Waals surface area contributed by atoms with E-state index < -0.39 is 17.9 Å². The number of hydrogen-bond acceptors (Lipinski definition) is 3. The number of hydrogen-bond donors (Lipinski definition) is 3. The molecule has 0 aromatic heterocycles. The van der Waals surface area contributed by atoms with Crippen LogP contribution in [-0.2, 0) is 15.1 Å². The largest absolute Gasteiger partial charge is 0.390 e. The average Bonchev–Trinajstić information content (AvgIpc) is 3.11. The summed E-state index contributed by atoms with van der Waals surface area (Å²) in [7, 11) is 0. The van der Waals surface area contributed by atoms with Gasteiger partial charge in [0.1, 0.15) is 5.92 Å². The maximum Gasteiger partial charge on any atom is 0.236 e. The van der Waals surface area contributed by atoms with Crippen LogP contribution in [0.25, 0.3) is 0 Å². The number of β-amino-alcohol motifs (C(OH)–C–C–N with tert-alkyl or cyclic N) is 1. The van der Waals surface area contributed by atoms with Crippen LogP contribution in [0.1, 0.15) is 18.4 Å². The summed E-state index contributed by atoms with van der Waals surface area (Å²) in [5.41, 5.74) is 0.706. The fourth-order valence-corrected chi connectivity index (χ4v) is 2.58. The number of amides is 2. The first kappa shape index (κ1) is 12.2. The molecule has 1 aliphatic carbocycles. The molecule has 1 aliphatic heterocycles. The van der Waals surface area contributed by atoms with Crippen LogP contribution in [0.15, 0.2) is 30.3 Å². The highest BCUT2D eigenvalue weighted by Crippen LogP contribution is 2.45. The topological polar surface area (TPSA) is 78.4 Å². The van der Waals surface area contributed by atoms with Gasteiger partial charge in [-0.1, -0.05) is 30.3 Å². The van der Waals surface area contributed by atoms with Crippen LogP contribution >= 0.6 is 0 Å². The highest BCUT2D eigenvalue weighted by atomic mass is 16.3. The molecular weight excluding hydrogens is 244 g/mol. The molecule has 0 bridgehead atoms. The number of aliphatic hydroxyl groups excluding tert-OH is 1. The molecule has 100 valence electrons. The van der Waals surface area contributed by atoms with Crippen molar-refractivity contribution in [3.63, 3.8) is 0 Å². The summed E-state index contributed by atoms with van der Waals surface area (Å²) in [5.74, 6) is -1.76. The predicted molar refractivity (Wildman–Crippen MR) is 68.0 cm³/mol. The van der Waals surface area contributed by atoms with Gasteiger partial charge in [-0.05, 0) is 18.4 Å². The minimum Gasteiger partial charge on any atom is -0.390 e. The van der Waals surface area contributed by atoms with E-state index in [1.165, 1.54) is 0 Å². The molecular formula is C14H16N2O3. The van der Waals surface area contributed by atoms with Crippen LogP contribution in [0.2, 0.25) is 0 Å². The molecule has 1 saturated heterocycles. The van der Waals surface area contributed by atoms with E-state index in [0.717, 1.165) is 18.4 Å². The van der Waals surface area contributed by atoms with Crippen LogP contribution in [0, 0.1) is 5.92 Å². The Balaban J connectivity index is 1.75. The lowest BCUT2D eigenvalue weighted by atomic mass is 10.0. The van der Waals surface area contributed by atoms with E-state index in [1.54, 1.807) is 0 Å². The van der Waals surface area contributed by atoms with E-state index in [1.807, 2.05) is 30.3 Å². The SMILES string of the molecule is O=C1NCC(O)C1C(=O)NC1(c2ccccc2)CC1. The molecule has 1 saturated carbocycles. The summed E-state index contributed by atoms with van der Waals surface area (Å²) in [6, 6.07) is 9.73. The predicted octanol–water partition coefficient (Wildman–Crippen LogP) is -0.101. The third kappa shape index (κ3) is 2.10. The van der Waals surface area contributed by atoms with E-state index in [4.69, 9.17) is 0 Å². The second-order valence-corrected chi connectivity index (χ2v) is 5.23. The maximum atomic E-state index is 12.2. The number of carbonyl (C=O) groups excluding carboxylic acids is 2. The van der Waals surface area contributed by atoms with Gasteiger partial charge < -0.3 is 15.7 Å². The molecule has 19 heavy (non-hydrogen) atoms. The van der Waals surface area contributed by atoms with Crippen molar-refractivity contribution in [3.8, 4) is 0 Å². The minimum absolute atomic E-state index is 0.148. The Morgan fingerprint density at radius 3 is 2.53 bits per heavy atom. The minimum atomic E-state index is -0.985. The maximum absolute atomic E-state index is 12.2. The standard InChI is InChI=1S/C14H16N2O3/c17-10-8-15-12(18)11(10)13(19)16-14(6-7-14)9-4-2-1-3-5-9/h1-5,10-11,17H,6-8H2,(H,15,18)(H,16,19). The fraction of sp³-hybridized carbons (Fsp3) is 0.429. The van der Waals surface area contributed by atoms with Gasteiger partial charge in [0.05, 0.1) is 11.6 Å². The van der Waals surface area contributed by atoms with Crippen molar-refractivity contribution in [1.29, 1.82) is 0 Å². The normalized spacial score (nSPS) is 27.7. The average molecular weight is 260 g/mol. The Hall–Kier alpha value is -1.88. The molecule has 1 aromatic carbocycles. The molecule has 2 unspecified atom stereocenters. The summed E-state index contributed by atoms with van der Waals surface area (Å²) in [6.07, 6.45) is 0.805. The second-order valence-electron chi connectivity index (χ2n) is 5.23. The molecule has 0 radical (unpaired) electrons. The van der Waals surface area contributed by atoms with Crippen molar-refractivity contribution < 1.29 is 14.7 Å². The summed E-state index contributed by atoms with van der Waals surface area (Å²) < 4.78 is 0. The summed E-state index contributed by atoms with van der Waals surface area (Å²) in [4.78, 5) is 23.7. The molecule has 1 aromatic rings. The third-order valence-corrected chi connectivity index (χ3v) is 3.87. The van der Waals surface area contributed by atoms with Crippen LogP contribution in [0.5, 0.6) is 0 Å². The van der Waals surface area contributed by atoms with E-state index in [0.29, 0.717) is 0 Å². The molecule has 3 N–H and O–H groups in total. The Morgan fingerprint density at radius 1 is 1.32 bits per heavy atom. The van der Waals surface area contributed by atoms with Crippen molar-refractivity contribution in [2.45, 2.75) is 24.5 Å². The lowest BCUT2D eigenvalue weighted by Crippen LogP contribution is -2.44. The quantitative estimate of drug-likeness (QED) is 0.664. The molecule has 2 atom stereocenters. The Labute approximate surface area is 111 Å². The van der Waals surface area contributed by atoms with Crippen molar-refractivity contribution in [1.82, 2.24) is 10.6 Å². The first-order chi connectivity index (χ1) is 9.12. The second kappa shape index (κ2) is 4.35. The third-order valence-electron chi connectivity index (χ3n) is 3.87. The Bertz CT molecular complexity index is 511. The number of rotatable bonds is 3. The van der Waals surface area contributed by atoms with E-state index in [-0.39, 0.29) is 18.0 Å². The van der Waals surface area contributed by atoms with Crippen molar-refractivity contribution >= 4 is 11.8 Å². The Kier molecular flexibility index (Phi) is 2.78. The number of nitrogens with one attached hydrogen (secondary N) is 2. The Morgan fingerprint density at radius 2 is 2.00 bits per heavy atom. The van der Waals surface area contributed by atoms with Gasteiger partial charge in [0.15, 0.2) is 0 Å². The fourth-order valence-electron chi connectivity index (χ4n) is 2.58.